The normalized spacial score (nSPS) is 14.1. The lowest BCUT2D eigenvalue weighted by atomic mass is 10.1. The summed E-state index contributed by atoms with van der Waals surface area (Å²) in [6.07, 6.45) is 0. The van der Waals surface area contributed by atoms with Gasteiger partial charge in [0.1, 0.15) is 18.2 Å². The Labute approximate surface area is 120 Å². The summed E-state index contributed by atoms with van der Waals surface area (Å²) in [4.78, 5) is 0. The Kier molecular flexibility index (Phi) is 5.15. The van der Waals surface area contributed by atoms with Crippen LogP contribution in [-0.4, -0.2) is 25.5 Å². The van der Waals surface area contributed by atoms with E-state index in [0.29, 0.717) is 11.3 Å². The third kappa shape index (κ3) is 4.18. The molecule has 0 amide bonds. The van der Waals surface area contributed by atoms with Gasteiger partial charge in [0, 0.05) is 17.7 Å². The van der Waals surface area contributed by atoms with Gasteiger partial charge in [0.15, 0.2) is 9.84 Å². The van der Waals surface area contributed by atoms with E-state index in [1.807, 2.05) is 0 Å². The first-order valence-electron chi connectivity index (χ1n) is 6.45. The molecular weight excluding hydrogens is 281 g/mol. The van der Waals surface area contributed by atoms with Crippen LogP contribution in [0.15, 0.2) is 18.2 Å². The Morgan fingerprint density at radius 3 is 2.40 bits per heavy atom. The fourth-order valence-electron chi connectivity index (χ4n) is 1.54. The van der Waals surface area contributed by atoms with Gasteiger partial charge in [-0.15, -0.1) is 0 Å². The minimum atomic E-state index is -3.24. The molecule has 0 aliphatic carbocycles. The molecule has 0 bridgehead atoms. The van der Waals surface area contributed by atoms with E-state index in [9.17, 15) is 12.8 Å². The highest BCUT2D eigenvalue weighted by molar-refractivity contribution is 7.92. The van der Waals surface area contributed by atoms with E-state index in [0.717, 1.165) is 0 Å². The van der Waals surface area contributed by atoms with Crippen LogP contribution in [0.25, 0.3) is 0 Å². The molecular formula is C14H22FNO3S. The topological polar surface area (TPSA) is 69.4 Å². The standard InChI is InChI=1S/C14H22FNO3S/c1-10(16)12-6-5-11(9-13(12)15)19-7-8-20(17,18)14(2,3)4/h5-6,9-10H,7-8,16H2,1-4H3. The zero-order valence-corrected chi connectivity index (χ0v) is 13.1. The summed E-state index contributed by atoms with van der Waals surface area (Å²) < 4.78 is 41.9. The quantitative estimate of drug-likeness (QED) is 0.907. The highest BCUT2D eigenvalue weighted by atomic mass is 32.2. The van der Waals surface area contributed by atoms with Gasteiger partial charge in [-0.3, -0.25) is 0 Å². The van der Waals surface area contributed by atoms with Crippen LogP contribution in [0.2, 0.25) is 0 Å². The van der Waals surface area contributed by atoms with Gasteiger partial charge >= 0.3 is 0 Å². The molecule has 114 valence electrons. The Balaban J connectivity index is 2.66. The Bertz CT molecular complexity index is 562. The molecule has 0 aromatic heterocycles. The molecule has 1 aromatic carbocycles. The summed E-state index contributed by atoms with van der Waals surface area (Å²) in [7, 11) is -3.24. The Morgan fingerprint density at radius 1 is 1.35 bits per heavy atom. The second-order valence-corrected chi connectivity index (χ2v) is 8.61. The van der Waals surface area contributed by atoms with E-state index >= 15 is 0 Å². The van der Waals surface area contributed by atoms with E-state index < -0.39 is 26.4 Å². The minimum Gasteiger partial charge on any atom is -0.492 e. The van der Waals surface area contributed by atoms with Crippen LogP contribution in [-0.2, 0) is 9.84 Å². The van der Waals surface area contributed by atoms with E-state index in [1.165, 1.54) is 6.07 Å². The molecule has 1 atom stereocenters. The maximum absolute atomic E-state index is 13.7. The summed E-state index contributed by atoms with van der Waals surface area (Å²) in [6, 6.07) is 3.96. The highest BCUT2D eigenvalue weighted by Crippen LogP contribution is 2.21. The number of sulfone groups is 1. The number of rotatable bonds is 5. The number of halogens is 1. The van der Waals surface area contributed by atoms with Gasteiger partial charge in [0.2, 0.25) is 0 Å². The zero-order chi connectivity index (χ0) is 15.6. The summed E-state index contributed by atoms with van der Waals surface area (Å²) in [6.45, 7) is 6.60. The highest BCUT2D eigenvalue weighted by Gasteiger charge is 2.28. The van der Waals surface area contributed by atoms with E-state index in [4.69, 9.17) is 10.5 Å². The summed E-state index contributed by atoms with van der Waals surface area (Å²) in [5.74, 6) is -0.250. The smallest absolute Gasteiger partial charge is 0.158 e. The molecule has 0 saturated carbocycles. The first-order valence-corrected chi connectivity index (χ1v) is 8.10. The van der Waals surface area contributed by atoms with E-state index in [2.05, 4.69) is 0 Å². The Hall–Kier alpha value is -1.14. The van der Waals surface area contributed by atoms with Crippen LogP contribution in [0, 0.1) is 5.82 Å². The molecule has 0 aliphatic heterocycles. The fourth-order valence-corrected chi connectivity index (χ4v) is 2.46. The monoisotopic (exact) mass is 303 g/mol. The number of benzene rings is 1. The average Bonchev–Trinajstić information content (AvgIpc) is 2.26. The molecule has 0 spiro atoms. The van der Waals surface area contributed by atoms with Gasteiger partial charge < -0.3 is 10.5 Å². The van der Waals surface area contributed by atoms with Crippen molar-refractivity contribution >= 4 is 9.84 Å². The SMILES string of the molecule is CC(N)c1ccc(OCCS(=O)(=O)C(C)(C)C)cc1F. The fraction of sp³-hybridized carbons (Fsp3) is 0.571. The van der Waals surface area contributed by atoms with Crippen molar-refractivity contribution in [2.45, 2.75) is 38.5 Å². The van der Waals surface area contributed by atoms with E-state index in [-0.39, 0.29) is 12.4 Å². The first kappa shape index (κ1) is 16.9. The molecule has 1 aromatic rings. The number of hydrogen-bond donors (Lipinski definition) is 1. The van der Waals surface area contributed by atoms with Crippen LogP contribution < -0.4 is 10.5 Å². The number of nitrogens with two attached hydrogens (primary N) is 1. The number of hydrogen-bond acceptors (Lipinski definition) is 4. The third-order valence-corrected chi connectivity index (χ3v) is 5.59. The molecule has 6 heteroatoms. The molecule has 0 aliphatic rings. The molecule has 2 N–H and O–H groups in total. The largest absolute Gasteiger partial charge is 0.492 e. The zero-order valence-electron chi connectivity index (χ0n) is 12.3. The lowest BCUT2D eigenvalue weighted by molar-refractivity contribution is 0.337. The molecule has 0 radical (unpaired) electrons. The van der Waals surface area contributed by atoms with Gasteiger partial charge in [-0.25, -0.2) is 12.8 Å². The van der Waals surface area contributed by atoms with Gasteiger partial charge in [0.25, 0.3) is 0 Å². The van der Waals surface area contributed by atoms with E-state index in [1.54, 1.807) is 39.8 Å². The van der Waals surface area contributed by atoms with Crippen molar-refractivity contribution in [2.24, 2.45) is 5.73 Å². The predicted octanol–water partition coefficient (Wildman–Crippen LogP) is 2.44. The van der Waals surface area contributed by atoms with Gasteiger partial charge in [0.05, 0.1) is 10.5 Å². The van der Waals surface area contributed by atoms with Gasteiger partial charge in [-0.05, 0) is 33.8 Å². The van der Waals surface area contributed by atoms with Gasteiger partial charge in [-0.1, -0.05) is 6.07 Å². The predicted molar refractivity (Wildman–Crippen MR) is 78.0 cm³/mol. The van der Waals surface area contributed by atoms with Crippen molar-refractivity contribution in [3.05, 3.63) is 29.6 Å². The lowest BCUT2D eigenvalue weighted by Gasteiger charge is -2.19. The van der Waals surface area contributed by atoms with Crippen LogP contribution in [0.3, 0.4) is 0 Å². The second-order valence-electron chi connectivity index (χ2n) is 5.75. The van der Waals surface area contributed by atoms with Crippen molar-refractivity contribution in [2.75, 3.05) is 12.4 Å². The molecule has 1 rings (SSSR count). The van der Waals surface area contributed by atoms with Crippen molar-refractivity contribution in [3.63, 3.8) is 0 Å². The maximum atomic E-state index is 13.7. The third-order valence-electron chi connectivity index (χ3n) is 3.02. The van der Waals surface area contributed by atoms with Crippen LogP contribution in [0.4, 0.5) is 4.39 Å². The Morgan fingerprint density at radius 2 is 1.95 bits per heavy atom. The van der Waals surface area contributed by atoms with Crippen LogP contribution in [0.5, 0.6) is 5.75 Å². The summed E-state index contributed by atoms with van der Waals surface area (Å²) in [5.41, 5.74) is 6.01. The lowest BCUT2D eigenvalue weighted by Crippen LogP contribution is -2.32. The van der Waals surface area contributed by atoms with Gasteiger partial charge in [-0.2, -0.15) is 0 Å². The number of ether oxygens (including phenoxy) is 1. The van der Waals surface area contributed by atoms with Crippen LogP contribution >= 0.6 is 0 Å². The second kappa shape index (κ2) is 6.10. The molecule has 20 heavy (non-hydrogen) atoms. The molecule has 0 heterocycles. The minimum absolute atomic E-state index is 0.00340. The van der Waals surface area contributed by atoms with Crippen LogP contribution in [0.1, 0.15) is 39.3 Å². The molecule has 0 saturated heterocycles. The van der Waals surface area contributed by atoms with Crippen molar-refractivity contribution in [3.8, 4) is 5.75 Å². The molecule has 0 fully saturated rings. The van der Waals surface area contributed by atoms with Crippen molar-refractivity contribution in [1.29, 1.82) is 0 Å². The average molecular weight is 303 g/mol. The van der Waals surface area contributed by atoms with Crippen molar-refractivity contribution < 1.29 is 17.5 Å². The molecule has 4 nitrogen and oxygen atoms in total. The maximum Gasteiger partial charge on any atom is 0.158 e. The van der Waals surface area contributed by atoms with Crippen molar-refractivity contribution in [1.82, 2.24) is 0 Å². The first-order chi connectivity index (χ1) is 9.04. The summed E-state index contributed by atoms with van der Waals surface area (Å²) >= 11 is 0. The summed E-state index contributed by atoms with van der Waals surface area (Å²) in [5, 5.41) is 0. The molecule has 1 unspecified atom stereocenters.